The molecule has 1 N–H and O–H groups in total. The summed E-state index contributed by atoms with van der Waals surface area (Å²) in [5.41, 5.74) is 3.50. The summed E-state index contributed by atoms with van der Waals surface area (Å²) in [6.07, 6.45) is 0. The van der Waals surface area contributed by atoms with E-state index < -0.39 is 0 Å². The number of nitrogens with one attached hydrogen (secondary N) is 1. The van der Waals surface area contributed by atoms with Crippen molar-refractivity contribution >= 4 is 21.6 Å². The fourth-order valence-corrected chi connectivity index (χ4v) is 2.05. The summed E-state index contributed by atoms with van der Waals surface area (Å²) in [6.45, 7) is 5.58. The first kappa shape index (κ1) is 13.9. The molecule has 0 aromatic heterocycles. The predicted molar refractivity (Wildman–Crippen MR) is 84.0 cm³/mol. The van der Waals surface area contributed by atoms with E-state index in [1.54, 1.807) is 0 Å². The minimum atomic E-state index is 0.653. The van der Waals surface area contributed by atoms with E-state index in [1.165, 1.54) is 11.1 Å². The van der Waals surface area contributed by atoms with E-state index in [1.807, 2.05) is 24.3 Å². The normalized spacial score (nSPS) is 10.3. The van der Waals surface area contributed by atoms with E-state index in [0.29, 0.717) is 6.61 Å². The highest BCUT2D eigenvalue weighted by atomic mass is 79.9. The van der Waals surface area contributed by atoms with E-state index >= 15 is 0 Å². The topological polar surface area (TPSA) is 21.3 Å². The van der Waals surface area contributed by atoms with Crippen LogP contribution in [0.3, 0.4) is 0 Å². The van der Waals surface area contributed by atoms with Gasteiger partial charge in [0.15, 0.2) is 0 Å². The van der Waals surface area contributed by atoms with Gasteiger partial charge in [0.25, 0.3) is 0 Å². The summed E-state index contributed by atoms with van der Waals surface area (Å²) in [6, 6.07) is 14.4. The van der Waals surface area contributed by atoms with Gasteiger partial charge in [-0.25, -0.2) is 0 Å². The molecule has 0 heterocycles. The molecule has 0 spiro atoms. The molecule has 2 aromatic carbocycles. The van der Waals surface area contributed by atoms with Crippen LogP contribution in [0.4, 0.5) is 5.69 Å². The van der Waals surface area contributed by atoms with Crippen molar-refractivity contribution in [2.24, 2.45) is 0 Å². The van der Waals surface area contributed by atoms with Crippen molar-refractivity contribution in [3.63, 3.8) is 0 Å². The maximum atomic E-state index is 5.79. The highest BCUT2D eigenvalue weighted by Gasteiger charge is 1.99. The smallest absolute Gasteiger partial charge is 0.122 e. The predicted octanol–water partition coefficient (Wildman–Crippen LogP) is 4.56. The van der Waals surface area contributed by atoms with Gasteiger partial charge in [0.1, 0.15) is 12.4 Å². The Morgan fingerprint density at radius 2 is 1.79 bits per heavy atom. The molecule has 0 bridgehead atoms. The van der Waals surface area contributed by atoms with Crippen LogP contribution < -0.4 is 10.1 Å². The van der Waals surface area contributed by atoms with Crippen molar-refractivity contribution in [3.8, 4) is 5.75 Å². The highest BCUT2D eigenvalue weighted by Crippen LogP contribution is 2.19. The van der Waals surface area contributed by atoms with Crippen molar-refractivity contribution in [2.45, 2.75) is 13.8 Å². The molecular weight excluding hydrogens is 302 g/mol. The van der Waals surface area contributed by atoms with Crippen LogP contribution in [-0.2, 0) is 0 Å². The van der Waals surface area contributed by atoms with Gasteiger partial charge in [-0.3, -0.25) is 0 Å². The first-order valence-corrected chi connectivity index (χ1v) is 7.14. The zero-order valence-corrected chi connectivity index (χ0v) is 12.8. The number of aryl methyl sites for hydroxylation is 2. The molecule has 2 rings (SSSR count). The zero-order chi connectivity index (χ0) is 13.7. The summed E-state index contributed by atoms with van der Waals surface area (Å²) in [4.78, 5) is 0. The Hall–Kier alpha value is -1.48. The summed E-state index contributed by atoms with van der Waals surface area (Å²) >= 11 is 3.42. The van der Waals surface area contributed by atoms with Gasteiger partial charge in [-0.15, -0.1) is 0 Å². The lowest BCUT2D eigenvalue weighted by atomic mass is 10.1. The highest BCUT2D eigenvalue weighted by molar-refractivity contribution is 9.10. The number of anilines is 1. The van der Waals surface area contributed by atoms with Crippen LogP contribution in [-0.4, -0.2) is 13.2 Å². The molecule has 0 atom stereocenters. The second kappa shape index (κ2) is 6.62. The summed E-state index contributed by atoms with van der Waals surface area (Å²) in [7, 11) is 0. The fourth-order valence-electron chi connectivity index (χ4n) is 1.79. The average molecular weight is 320 g/mol. The summed E-state index contributed by atoms with van der Waals surface area (Å²) in [5, 5.41) is 3.33. The van der Waals surface area contributed by atoms with Crippen molar-refractivity contribution < 1.29 is 4.74 Å². The van der Waals surface area contributed by atoms with Crippen LogP contribution in [0, 0.1) is 13.8 Å². The third-order valence-corrected chi connectivity index (χ3v) is 3.41. The molecule has 3 heteroatoms. The Labute approximate surface area is 122 Å². The Bertz CT molecular complexity index is 537. The van der Waals surface area contributed by atoms with Crippen molar-refractivity contribution in [2.75, 3.05) is 18.5 Å². The van der Waals surface area contributed by atoms with Crippen LogP contribution >= 0.6 is 15.9 Å². The van der Waals surface area contributed by atoms with Crippen molar-refractivity contribution in [1.29, 1.82) is 0 Å². The molecule has 2 nitrogen and oxygen atoms in total. The number of hydrogen-bond acceptors (Lipinski definition) is 2. The quantitative estimate of drug-likeness (QED) is 0.816. The second-order valence-electron chi connectivity index (χ2n) is 4.55. The van der Waals surface area contributed by atoms with Gasteiger partial charge in [-0.2, -0.15) is 0 Å². The molecule has 0 fully saturated rings. The minimum absolute atomic E-state index is 0.653. The third kappa shape index (κ3) is 4.28. The van der Waals surface area contributed by atoms with Crippen LogP contribution in [0.25, 0.3) is 0 Å². The minimum Gasteiger partial charge on any atom is -0.491 e. The summed E-state index contributed by atoms with van der Waals surface area (Å²) in [5.74, 6) is 0.970. The van der Waals surface area contributed by atoms with Crippen LogP contribution in [0.5, 0.6) is 5.75 Å². The van der Waals surface area contributed by atoms with Gasteiger partial charge in [-0.05, 0) is 55.3 Å². The molecule has 19 heavy (non-hydrogen) atoms. The molecule has 0 saturated carbocycles. The second-order valence-corrected chi connectivity index (χ2v) is 5.47. The molecule has 0 radical (unpaired) electrons. The Morgan fingerprint density at radius 3 is 2.53 bits per heavy atom. The number of halogens is 1. The molecule has 0 amide bonds. The van der Waals surface area contributed by atoms with E-state index in [4.69, 9.17) is 4.74 Å². The van der Waals surface area contributed by atoms with Gasteiger partial charge in [-0.1, -0.05) is 28.1 Å². The molecule has 100 valence electrons. The largest absolute Gasteiger partial charge is 0.491 e. The maximum Gasteiger partial charge on any atom is 0.122 e. The molecule has 0 aliphatic heterocycles. The first-order chi connectivity index (χ1) is 9.15. The zero-order valence-electron chi connectivity index (χ0n) is 11.2. The SMILES string of the molecule is Cc1ccc(C)c(OCCNc2ccc(Br)cc2)c1. The molecule has 0 saturated heterocycles. The van der Waals surface area contributed by atoms with E-state index in [9.17, 15) is 0 Å². The lowest BCUT2D eigenvalue weighted by Crippen LogP contribution is -2.11. The lowest BCUT2D eigenvalue weighted by molar-refractivity contribution is 0.330. The molecular formula is C16H18BrNO. The van der Waals surface area contributed by atoms with E-state index in [0.717, 1.165) is 22.5 Å². The van der Waals surface area contributed by atoms with Gasteiger partial charge in [0, 0.05) is 16.7 Å². The monoisotopic (exact) mass is 319 g/mol. The van der Waals surface area contributed by atoms with Gasteiger partial charge >= 0.3 is 0 Å². The Morgan fingerprint density at radius 1 is 1.05 bits per heavy atom. The van der Waals surface area contributed by atoms with Gasteiger partial charge < -0.3 is 10.1 Å². The molecule has 0 aliphatic carbocycles. The van der Waals surface area contributed by atoms with Crippen LogP contribution in [0.2, 0.25) is 0 Å². The van der Waals surface area contributed by atoms with Crippen LogP contribution in [0.1, 0.15) is 11.1 Å². The number of hydrogen-bond donors (Lipinski definition) is 1. The first-order valence-electron chi connectivity index (χ1n) is 6.34. The number of rotatable bonds is 5. The van der Waals surface area contributed by atoms with Crippen molar-refractivity contribution in [1.82, 2.24) is 0 Å². The van der Waals surface area contributed by atoms with Gasteiger partial charge in [0.2, 0.25) is 0 Å². The number of benzene rings is 2. The van der Waals surface area contributed by atoms with Crippen molar-refractivity contribution in [3.05, 3.63) is 58.1 Å². The average Bonchev–Trinajstić information content (AvgIpc) is 2.40. The Kier molecular flexibility index (Phi) is 4.86. The molecule has 0 unspecified atom stereocenters. The summed E-state index contributed by atoms with van der Waals surface area (Å²) < 4.78 is 6.88. The molecule has 2 aromatic rings. The third-order valence-electron chi connectivity index (χ3n) is 2.88. The molecule has 0 aliphatic rings. The van der Waals surface area contributed by atoms with E-state index in [2.05, 4.69) is 53.3 Å². The van der Waals surface area contributed by atoms with E-state index in [-0.39, 0.29) is 0 Å². The maximum absolute atomic E-state index is 5.79. The Balaban J connectivity index is 1.80. The fraction of sp³-hybridized carbons (Fsp3) is 0.250. The van der Waals surface area contributed by atoms with Crippen LogP contribution in [0.15, 0.2) is 46.9 Å². The standard InChI is InChI=1S/C16H18BrNO/c1-12-3-4-13(2)16(11-12)19-10-9-18-15-7-5-14(17)6-8-15/h3-8,11,18H,9-10H2,1-2H3. The lowest BCUT2D eigenvalue weighted by Gasteiger charge is -2.11. The number of ether oxygens (including phenoxy) is 1. The van der Waals surface area contributed by atoms with Gasteiger partial charge in [0.05, 0.1) is 0 Å².